The molecule has 1 aliphatic rings. The Kier molecular flexibility index (Phi) is 7.49. The van der Waals surface area contributed by atoms with Crippen molar-refractivity contribution in [3.8, 4) is 0 Å². The van der Waals surface area contributed by atoms with Crippen molar-refractivity contribution in [2.24, 2.45) is 4.99 Å². The summed E-state index contributed by atoms with van der Waals surface area (Å²) < 4.78 is 12.2. The zero-order chi connectivity index (χ0) is 26.1. The van der Waals surface area contributed by atoms with Gasteiger partial charge in [0, 0.05) is 0 Å². The molecule has 0 fully saturated rings. The molecular weight excluding hydrogens is 523 g/mol. The Morgan fingerprint density at radius 1 is 1.08 bits per heavy atom. The zero-order valence-electron chi connectivity index (χ0n) is 19.9. The molecule has 0 radical (unpaired) electrons. The Labute approximate surface area is 220 Å². The predicted octanol–water partition coefficient (Wildman–Crippen LogP) is 4.28. The molecule has 3 aromatic rings. The summed E-state index contributed by atoms with van der Waals surface area (Å²) in [6, 6.07) is 10.8. The maximum Gasteiger partial charge on any atom is 0.338 e. The molecule has 2 aromatic carbocycles. The molecule has 0 bridgehead atoms. The van der Waals surface area contributed by atoms with Crippen LogP contribution in [0, 0.1) is 0 Å². The molecule has 10 heteroatoms. The minimum Gasteiger partial charge on any atom is -0.465 e. The molecule has 36 heavy (non-hydrogen) atoms. The first kappa shape index (κ1) is 25.9. The number of halogens is 2. The number of hydrogen-bond donors (Lipinski definition) is 0. The monoisotopic (exact) mass is 544 g/mol. The van der Waals surface area contributed by atoms with E-state index in [1.165, 1.54) is 23.0 Å². The summed E-state index contributed by atoms with van der Waals surface area (Å²) in [7, 11) is 1.30. The van der Waals surface area contributed by atoms with Crippen LogP contribution >= 0.6 is 34.5 Å². The van der Waals surface area contributed by atoms with Crippen molar-refractivity contribution in [1.29, 1.82) is 0 Å². The molecule has 0 saturated heterocycles. The van der Waals surface area contributed by atoms with Gasteiger partial charge < -0.3 is 9.47 Å². The highest BCUT2D eigenvalue weighted by Gasteiger charge is 2.33. The summed E-state index contributed by atoms with van der Waals surface area (Å²) >= 11 is 13.4. The Morgan fingerprint density at radius 3 is 2.39 bits per heavy atom. The molecule has 186 valence electrons. The molecule has 0 amide bonds. The van der Waals surface area contributed by atoms with Gasteiger partial charge in [-0.05, 0) is 62.2 Å². The predicted molar refractivity (Wildman–Crippen MR) is 139 cm³/mol. The molecule has 2 heterocycles. The number of benzene rings is 2. The van der Waals surface area contributed by atoms with E-state index in [0.717, 1.165) is 0 Å². The van der Waals surface area contributed by atoms with Gasteiger partial charge in [-0.1, -0.05) is 52.7 Å². The fourth-order valence-corrected chi connectivity index (χ4v) is 5.20. The van der Waals surface area contributed by atoms with Crippen molar-refractivity contribution in [1.82, 2.24) is 4.57 Å². The van der Waals surface area contributed by atoms with E-state index in [1.54, 1.807) is 69.3 Å². The van der Waals surface area contributed by atoms with Crippen LogP contribution in [-0.4, -0.2) is 29.7 Å². The zero-order valence-corrected chi connectivity index (χ0v) is 22.2. The second-order valence-corrected chi connectivity index (χ2v) is 10.1. The Morgan fingerprint density at radius 2 is 1.78 bits per heavy atom. The smallest absolute Gasteiger partial charge is 0.338 e. The number of hydrogen-bond acceptors (Lipinski definition) is 7. The van der Waals surface area contributed by atoms with Crippen LogP contribution in [0.25, 0.3) is 6.08 Å². The highest BCUT2D eigenvalue weighted by molar-refractivity contribution is 7.07. The van der Waals surface area contributed by atoms with E-state index in [4.69, 9.17) is 32.7 Å². The number of carbonyl (C=O) groups excluding carboxylic acids is 2. The van der Waals surface area contributed by atoms with Crippen LogP contribution in [0.5, 0.6) is 0 Å². The lowest BCUT2D eigenvalue weighted by molar-refractivity contribution is -0.143. The first-order valence-corrected chi connectivity index (χ1v) is 12.5. The molecule has 4 rings (SSSR count). The number of fused-ring (bicyclic) bond motifs is 1. The average Bonchev–Trinajstić information content (AvgIpc) is 3.14. The van der Waals surface area contributed by atoms with Crippen LogP contribution in [-0.2, 0) is 14.3 Å². The lowest BCUT2D eigenvalue weighted by atomic mass is 9.95. The van der Waals surface area contributed by atoms with E-state index in [0.29, 0.717) is 41.8 Å². The summed E-state index contributed by atoms with van der Waals surface area (Å²) in [5, 5.41) is 0.783. The lowest BCUT2D eigenvalue weighted by Crippen LogP contribution is -2.40. The minimum atomic E-state index is -0.796. The number of thiazole rings is 1. The third kappa shape index (κ3) is 5.02. The standard InChI is InChI=1S/C26H22Cl2N2O5S/c1-13(2)35-25(33)21-14(3)29-26-30(22(21)16-6-8-17(9-7-16)24(32)34-4)23(31)20(36-26)12-15-5-10-18(27)19(28)11-15/h5-13,22H,1-4H3. The van der Waals surface area contributed by atoms with Gasteiger partial charge in [0.15, 0.2) is 4.80 Å². The molecule has 0 saturated carbocycles. The van der Waals surface area contributed by atoms with Crippen molar-refractivity contribution < 1.29 is 19.1 Å². The number of esters is 2. The van der Waals surface area contributed by atoms with E-state index >= 15 is 0 Å². The average molecular weight is 545 g/mol. The summed E-state index contributed by atoms with van der Waals surface area (Å²) in [5.41, 5.74) is 2.04. The maximum absolute atomic E-state index is 13.6. The van der Waals surface area contributed by atoms with Gasteiger partial charge in [0.2, 0.25) is 0 Å². The highest BCUT2D eigenvalue weighted by Crippen LogP contribution is 2.31. The molecule has 0 aliphatic carbocycles. The fourth-order valence-electron chi connectivity index (χ4n) is 3.85. The lowest BCUT2D eigenvalue weighted by Gasteiger charge is -2.25. The summed E-state index contributed by atoms with van der Waals surface area (Å²) in [4.78, 5) is 43.7. The number of aromatic nitrogens is 1. The van der Waals surface area contributed by atoms with Crippen LogP contribution in [0.15, 0.2) is 63.5 Å². The second kappa shape index (κ2) is 10.4. The van der Waals surface area contributed by atoms with E-state index in [9.17, 15) is 14.4 Å². The number of carbonyl (C=O) groups is 2. The summed E-state index contributed by atoms with van der Waals surface area (Å²) in [6.07, 6.45) is 1.34. The highest BCUT2D eigenvalue weighted by atomic mass is 35.5. The first-order chi connectivity index (χ1) is 17.1. The van der Waals surface area contributed by atoms with Crippen LogP contribution in [0.1, 0.15) is 48.3 Å². The van der Waals surface area contributed by atoms with Gasteiger partial charge in [0.25, 0.3) is 5.56 Å². The van der Waals surface area contributed by atoms with Crippen LogP contribution in [0.2, 0.25) is 10.0 Å². The van der Waals surface area contributed by atoms with Crippen molar-refractivity contribution in [2.45, 2.75) is 32.9 Å². The molecule has 7 nitrogen and oxygen atoms in total. The third-order valence-electron chi connectivity index (χ3n) is 5.47. The van der Waals surface area contributed by atoms with Crippen molar-refractivity contribution in [3.05, 3.63) is 100 Å². The largest absolute Gasteiger partial charge is 0.465 e. The Hall–Kier alpha value is -3.20. The Bertz CT molecular complexity index is 1570. The quantitative estimate of drug-likeness (QED) is 0.447. The topological polar surface area (TPSA) is 87.0 Å². The molecule has 1 aromatic heterocycles. The van der Waals surface area contributed by atoms with E-state index in [1.807, 2.05) is 0 Å². The van der Waals surface area contributed by atoms with E-state index in [-0.39, 0.29) is 17.2 Å². The van der Waals surface area contributed by atoms with Crippen molar-refractivity contribution in [3.63, 3.8) is 0 Å². The number of methoxy groups -OCH3 is 1. The molecule has 1 atom stereocenters. The summed E-state index contributed by atoms with van der Waals surface area (Å²) in [6.45, 7) is 5.21. The molecule has 1 aliphatic heterocycles. The van der Waals surface area contributed by atoms with Crippen molar-refractivity contribution >= 4 is 52.6 Å². The third-order valence-corrected chi connectivity index (χ3v) is 7.20. The number of allylic oxidation sites excluding steroid dienone is 1. The van der Waals surface area contributed by atoms with Gasteiger partial charge in [-0.25, -0.2) is 14.6 Å². The fraction of sp³-hybridized carbons (Fsp3) is 0.231. The van der Waals surface area contributed by atoms with Gasteiger partial charge in [0.05, 0.1) is 50.7 Å². The van der Waals surface area contributed by atoms with Crippen LogP contribution < -0.4 is 14.9 Å². The van der Waals surface area contributed by atoms with Gasteiger partial charge in [-0.2, -0.15) is 0 Å². The second-order valence-electron chi connectivity index (χ2n) is 8.32. The Balaban J connectivity index is 1.92. The van der Waals surface area contributed by atoms with Gasteiger partial charge >= 0.3 is 11.9 Å². The normalized spacial score (nSPS) is 15.5. The SMILES string of the molecule is COC(=O)c1ccc(C2C(C(=O)OC(C)C)=C(C)N=c3sc(=Cc4ccc(Cl)c(Cl)c4)c(=O)n32)cc1. The van der Waals surface area contributed by atoms with Gasteiger partial charge in [-0.3, -0.25) is 9.36 Å². The molecular formula is C26H22Cl2N2O5S. The molecule has 1 unspecified atom stereocenters. The number of ether oxygens (including phenoxy) is 2. The molecule has 0 N–H and O–H groups in total. The maximum atomic E-state index is 13.6. The molecule has 0 spiro atoms. The first-order valence-electron chi connectivity index (χ1n) is 11.0. The van der Waals surface area contributed by atoms with Gasteiger partial charge in [0.1, 0.15) is 0 Å². The minimum absolute atomic E-state index is 0.253. The van der Waals surface area contributed by atoms with E-state index < -0.39 is 18.0 Å². The number of rotatable bonds is 5. The van der Waals surface area contributed by atoms with Crippen LogP contribution in [0.4, 0.5) is 0 Å². The van der Waals surface area contributed by atoms with Crippen LogP contribution in [0.3, 0.4) is 0 Å². The summed E-state index contributed by atoms with van der Waals surface area (Å²) in [5.74, 6) is -1.05. The van der Waals surface area contributed by atoms with E-state index in [2.05, 4.69) is 4.99 Å². The van der Waals surface area contributed by atoms with Gasteiger partial charge in [-0.15, -0.1) is 0 Å². The van der Waals surface area contributed by atoms with Crippen molar-refractivity contribution in [2.75, 3.05) is 7.11 Å². The number of nitrogens with zero attached hydrogens (tertiary/aromatic N) is 2.